The molecule has 1 amide bonds. The van der Waals surface area contributed by atoms with Gasteiger partial charge in [0.15, 0.2) is 0 Å². The van der Waals surface area contributed by atoms with Gasteiger partial charge in [0.25, 0.3) is 0 Å². The average Bonchev–Trinajstić information content (AvgIpc) is 2.78. The summed E-state index contributed by atoms with van der Waals surface area (Å²) in [6, 6.07) is 24.8. The normalized spacial score (nSPS) is 10.3. The molecule has 3 aromatic rings. The maximum atomic E-state index is 12.2. The van der Waals surface area contributed by atoms with E-state index in [0.29, 0.717) is 25.5 Å². The maximum absolute atomic E-state index is 12.2. The molecule has 6 heteroatoms. The summed E-state index contributed by atoms with van der Waals surface area (Å²) in [6.07, 6.45) is 0. The Bertz CT molecular complexity index is 914. The molecule has 0 radical (unpaired) electrons. The zero-order valence-electron chi connectivity index (χ0n) is 17.0. The van der Waals surface area contributed by atoms with Crippen molar-refractivity contribution < 1.29 is 19.0 Å². The Labute approximate surface area is 176 Å². The minimum atomic E-state index is -0.140. The number of carbonyl (C=O) groups is 1. The van der Waals surface area contributed by atoms with Gasteiger partial charge in [-0.15, -0.1) is 0 Å². The second kappa shape index (κ2) is 11.5. The summed E-state index contributed by atoms with van der Waals surface area (Å²) in [5, 5.41) is 5.96. The minimum Gasteiger partial charge on any atom is -0.491 e. The molecule has 6 nitrogen and oxygen atoms in total. The van der Waals surface area contributed by atoms with Gasteiger partial charge in [0, 0.05) is 24.6 Å². The van der Waals surface area contributed by atoms with Gasteiger partial charge in [-0.25, -0.2) is 0 Å². The summed E-state index contributed by atoms with van der Waals surface area (Å²) in [7, 11) is 1.63. The van der Waals surface area contributed by atoms with Gasteiger partial charge in [-0.2, -0.15) is 0 Å². The fourth-order valence-corrected chi connectivity index (χ4v) is 2.70. The number of rotatable bonds is 11. The van der Waals surface area contributed by atoms with Crippen molar-refractivity contribution in [3.05, 3.63) is 84.4 Å². The van der Waals surface area contributed by atoms with E-state index >= 15 is 0 Å². The molecular formula is C24H26N2O4. The molecule has 2 N–H and O–H groups in total. The van der Waals surface area contributed by atoms with Crippen LogP contribution in [0.25, 0.3) is 0 Å². The largest absolute Gasteiger partial charge is 0.491 e. The van der Waals surface area contributed by atoms with Gasteiger partial charge in [-0.3, -0.25) is 4.79 Å². The van der Waals surface area contributed by atoms with E-state index < -0.39 is 0 Å². The van der Waals surface area contributed by atoms with Crippen LogP contribution in [0.2, 0.25) is 0 Å². The van der Waals surface area contributed by atoms with Gasteiger partial charge in [-0.05, 0) is 42.0 Å². The molecule has 0 unspecified atom stereocenters. The summed E-state index contributed by atoms with van der Waals surface area (Å²) in [6.45, 7) is 1.65. The Morgan fingerprint density at radius 3 is 2.37 bits per heavy atom. The van der Waals surface area contributed by atoms with Crippen LogP contribution in [0.15, 0.2) is 78.9 Å². The van der Waals surface area contributed by atoms with E-state index in [1.165, 1.54) is 0 Å². The molecule has 156 valence electrons. The highest BCUT2D eigenvalue weighted by Gasteiger charge is 2.04. The van der Waals surface area contributed by atoms with Crippen molar-refractivity contribution in [1.29, 1.82) is 0 Å². The molecule has 0 aliphatic rings. The van der Waals surface area contributed by atoms with Crippen LogP contribution in [0.3, 0.4) is 0 Å². The number of anilines is 2. The zero-order valence-corrected chi connectivity index (χ0v) is 17.0. The number of carbonyl (C=O) groups excluding carboxylic acids is 1. The molecule has 3 aromatic carbocycles. The molecule has 0 aliphatic carbocycles. The zero-order chi connectivity index (χ0) is 21.0. The van der Waals surface area contributed by atoms with Crippen molar-refractivity contribution >= 4 is 17.3 Å². The van der Waals surface area contributed by atoms with Crippen LogP contribution in [0, 0.1) is 0 Å². The smallest absolute Gasteiger partial charge is 0.243 e. The van der Waals surface area contributed by atoms with Crippen molar-refractivity contribution in [3.8, 4) is 11.5 Å². The van der Waals surface area contributed by atoms with Crippen LogP contribution in [0.1, 0.15) is 5.56 Å². The molecule has 0 aliphatic heterocycles. The van der Waals surface area contributed by atoms with Crippen LogP contribution in [0.4, 0.5) is 11.4 Å². The molecule has 0 fully saturated rings. The molecule has 0 aromatic heterocycles. The number of hydrogen-bond donors (Lipinski definition) is 2. The Morgan fingerprint density at radius 1 is 0.800 bits per heavy atom. The fourth-order valence-electron chi connectivity index (χ4n) is 2.70. The quantitative estimate of drug-likeness (QED) is 0.464. The first kappa shape index (κ1) is 21.2. The highest BCUT2D eigenvalue weighted by Crippen LogP contribution is 2.18. The number of methoxy groups -OCH3 is 1. The Balaban J connectivity index is 1.43. The first-order chi connectivity index (χ1) is 14.7. The number of ether oxygens (including phenoxy) is 3. The van der Waals surface area contributed by atoms with Crippen molar-refractivity contribution in [2.75, 3.05) is 37.5 Å². The van der Waals surface area contributed by atoms with Crippen LogP contribution in [-0.4, -0.2) is 32.8 Å². The van der Waals surface area contributed by atoms with Crippen molar-refractivity contribution in [1.82, 2.24) is 0 Å². The van der Waals surface area contributed by atoms with Gasteiger partial charge >= 0.3 is 0 Å². The predicted octanol–water partition coefficient (Wildman–Crippen LogP) is 4.34. The summed E-state index contributed by atoms with van der Waals surface area (Å²) < 4.78 is 16.3. The average molecular weight is 406 g/mol. The first-order valence-electron chi connectivity index (χ1n) is 9.75. The number of nitrogens with one attached hydrogen (secondary N) is 2. The molecule has 3 rings (SSSR count). The van der Waals surface area contributed by atoms with Gasteiger partial charge in [0.05, 0.1) is 13.2 Å². The number of benzene rings is 3. The summed E-state index contributed by atoms with van der Waals surface area (Å²) >= 11 is 0. The third-order valence-corrected chi connectivity index (χ3v) is 4.23. The topological polar surface area (TPSA) is 68.8 Å². The molecule has 0 bridgehead atoms. The fraction of sp³-hybridized carbons (Fsp3) is 0.208. The second-order valence-electron chi connectivity index (χ2n) is 6.57. The molecule has 0 spiro atoms. The Morgan fingerprint density at radius 2 is 1.60 bits per heavy atom. The van der Waals surface area contributed by atoms with Crippen molar-refractivity contribution in [3.63, 3.8) is 0 Å². The van der Waals surface area contributed by atoms with Crippen molar-refractivity contribution in [2.24, 2.45) is 0 Å². The molecule has 30 heavy (non-hydrogen) atoms. The van der Waals surface area contributed by atoms with Gasteiger partial charge < -0.3 is 24.8 Å². The van der Waals surface area contributed by atoms with Gasteiger partial charge in [-0.1, -0.05) is 36.4 Å². The molecular weight excluding hydrogens is 380 g/mol. The van der Waals surface area contributed by atoms with E-state index in [-0.39, 0.29) is 12.5 Å². The van der Waals surface area contributed by atoms with E-state index in [9.17, 15) is 4.79 Å². The van der Waals surface area contributed by atoms with E-state index in [1.807, 2.05) is 78.9 Å². The van der Waals surface area contributed by atoms with Crippen LogP contribution >= 0.6 is 0 Å². The lowest BCUT2D eigenvalue weighted by molar-refractivity contribution is -0.114. The maximum Gasteiger partial charge on any atom is 0.243 e. The Kier molecular flexibility index (Phi) is 8.12. The van der Waals surface area contributed by atoms with Crippen LogP contribution < -0.4 is 20.1 Å². The summed E-state index contributed by atoms with van der Waals surface area (Å²) in [4.78, 5) is 12.2. The standard InChI is InChI=1S/C24H26N2O4/c1-28-14-15-29-23-9-5-8-21(16-23)25-17-24(27)26-20-10-12-22(13-11-20)30-18-19-6-3-2-4-7-19/h2-13,16,25H,14-15,17-18H2,1H3,(H,26,27). The highest BCUT2D eigenvalue weighted by atomic mass is 16.5. The van der Waals surface area contributed by atoms with Gasteiger partial charge in [0.1, 0.15) is 24.7 Å². The third-order valence-electron chi connectivity index (χ3n) is 4.23. The van der Waals surface area contributed by atoms with E-state index in [4.69, 9.17) is 14.2 Å². The van der Waals surface area contributed by atoms with Crippen LogP contribution in [-0.2, 0) is 16.1 Å². The number of hydrogen-bond acceptors (Lipinski definition) is 5. The summed E-state index contributed by atoms with van der Waals surface area (Å²) in [5.41, 5.74) is 2.63. The first-order valence-corrected chi connectivity index (χ1v) is 9.75. The monoisotopic (exact) mass is 406 g/mol. The van der Waals surface area contributed by atoms with E-state index in [1.54, 1.807) is 7.11 Å². The molecule has 0 saturated carbocycles. The lowest BCUT2D eigenvalue weighted by atomic mass is 10.2. The SMILES string of the molecule is COCCOc1cccc(NCC(=O)Nc2ccc(OCc3ccccc3)cc2)c1. The van der Waals surface area contributed by atoms with E-state index in [0.717, 1.165) is 22.7 Å². The lowest BCUT2D eigenvalue weighted by Gasteiger charge is -2.11. The minimum absolute atomic E-state index is 0.140. The van der Waals surface area contributed by atoms with E-state index in [2.05, 4.69) is 10.6 Å². The predicted molar refractivity (Wildman–Crippen MR) is 118 cm³/mol. The summed E-state index contributed by atoms with van der Waals surface area (Å²) in [5.74, 6) is 1.34. The number of amides is 1. The van der Waals surface area contributed by atoms with Gasteiger partial charge in [0.2, 0.25) is 5.91 Å². The second-order valence-corrected chi connectivity index (χ2v) is 6.57. The highest BCUT2D eigenvalue weighted by molar-refractivity contribution is 5.93. The van der Waals surface area contributed by atoms with Crippen LogP contribution in [0.5, 0.6) is 11.5 Å². The lowest BCUT2D eigenvalue weighted by Crippen LogP contribution is -2.21. The third kappa shape index (κ3) is 7.14. The molecule has 0 saturated heterocycles. The Hall–Kier alpha value is -3.51. The molecule has 0 heterocycles. The molecule has 0 atom stereocenters. The van der Waals surface area contributed by atoms with Crippen molar-refractivity contribution in [2.45, 2.75) is 6.61 Å².